The molecule has 0 fully saturated rings. The van der Waals surface area contributed by atoms with Gasteiger partial charge in [0, 0.05) is 45.5 Å². The van der Waals surface area contributed by atoms with Crippen LogP contribution in [0.5, 0.6) is 0 Å². The molecule has 0 aliphatic carbocycles. The summed E-state index contributed by atoms with van der Waals surface area (Å²) in [5.41, 5.74) is 16.3. The zero-order chi connectivity index (χ0) is 38.3. The minimum absolute atomic E-state index is 0.770. The summed E-state index contributed by atoms with van der Waals surface area (Å²) >= 11 is 0. The molecule has 7 aromatic carbocycles. The van der Waals surface area contributed by atoms with E-state index in [1.165, 1.54) is 21.6 Å². The summed E-state index contributed by atoms with van der Waals surface area (Å²) in [7, 11) is -2.06. The van der Waals surface area contributed by atoms with Crippen LogP contribution in [0, 0.1) is 0 Å². The molecule has 5 heteroatoms. The van der Waals surface area contributed by atoms with E-state index in [0.717, 1.165) is 78.5 Å². The average molecular weight is 747 g/mol. The Morgan fingerprint density at radius 1 is 0.351 bits per heavy atom. The van der Waals surface area contributed by atoms with Gasteiger partial charge in [0.1, 0.15) is 8.07 Å². The van der Waals surface area contributed by atoms with Crippen molar-refractivity contribution in [3.8, 4) is 89.7 Å². The van der Waals surface area contributed by atoms with Crippen LogP contribution in [-0.4, -0.2) is 28.0 Å². The second-order valence-electron chi connectivity index (χ2n) is 15.1. The highest BCUT2D eigenvalue weighted by molar-refractivity contribution is 7.03. The van der Waals surface area contributed by atoms with Gasteiger partial charge in [-0.2, -0.15) is 0 Å². The Labute approximate surface area is 334 Å². The van der Waals surface area contributed by atoms with Crippen LogP contribution in [0.3, 0.4) is 0 Å². The third-order valence-electron chi connectivity index (χ3n) is 11.1. The van der Waals surface area contributed by atoms with Crippen molar-refractivity contribution in [3.05, 3.63) is 194 Å². The van der Waals surface area contributed by atoms with Gasteiger partial charge in [-0.1, -0.05) is 171 Å². The van der Waals surface area contributed by atoms with E-state index in [4.69, 9.17) is 19.9 Å². The van der Waals surface area contributed by atoms with Gasteiger partial charge in [-0.15, -0.1) is 0 Å². The lowest BCUT2D eigenvalue weighted by atomic mass is 9.94. The molecule has 0 radical (unpaired) electrons. The van der Waals surface area contributed by atoms with Gasteiger partial charge in [-0.25, -0.2) is 9.97 Å². The Balaban J connectivity index is 0.997. The van der Waals surface area contributed by atoms with Crippen molar-refractivity contribution >= 4 is 18.6 Å². The maximum atomic E-state index is 5.40. The molecule has 2 aromatic heterocycles. The Bertz CT molecular complexity index is 2940. The predicted molar refractivity (Wildman–Crippen MR) is 238 cm³/mol. The third-order valence-corrected chi connectivity index (χ3v) is 14.5. The van der Waals surface area contributed by atoms with E-state index >= 15 is 0 Å². The summed E-state index contributed by atoms with van der Waals surface area (Å²) in [6, 6.07) is 64.5. The fourth-order valence-electron chi connectivity index (χ4n) is 8.27. The van der Waals surface area contributed by atoms with Crippen LogP contribution >= 0.6 is 0 Å². The molecule has 1 aliphatic heterocycles. The largest absolute Gasteiger partial charge is 0.252 e. The van der Waals surface area contributed by atoms with E-state index in [0.29, 0.717) is 0 Å². The number of aromatic nitrogens is 4. The van der Waals surface area contributed by atoms with Crippen LogP contribution in [0.4, 0.5) is 0 Å². The van der Waals surface area contributed by atoms with Crippen molar-refractivity contribution < 1.29 is 0 Å². The average Bonchev–Trinajstić information content (AvgIpc) is 3.52. The molecule has 0 amide bonds. The van der Waals surface area contributed by atoms with E-state index in [1.54, 1.807) is 12.4 Å². The lowest BCUT2D eigenvalue weighted by Crippen LogP contribution is -2.50. The number of fused-ring (bicyclic) bond motifs is 3. The second-order valence-corrected chi connectivity index (χ2v) is 19.4. The van der Waals surface area contributed by atoms with Crippen LogP contribution in [0.2, 0.25) is 13.1 Å². The van der Waals surface area contributed by atoms with E-state index in [9.17, 15) is 0 Å². The lowest BCUT2D eigenvalue weighted by molar-refractivity contribution is 1.21. The minimum Gasteiger partial charge on any atom is -0.252 e. The van der Waals surface area contributed by atoms with Crippen LogP contribution in [0.25, 0.3) is 89.7 Å². The fourth-order valence-corrected chi connectivity index (χ4v) is 11.2. The quantitative estimate of drug-likeness (QED) is 0.152. The normalized spacial score (nSPS) is 12.5. The van der Waals surface area contributed by atoms with Crippen LogP contribution in [-0.2, 0) is 0 Å². The van der Waals surface area contributed by atoms with Gasteiger partial charge in [0.15, 0.2) is 5.82 Å². The SMILES string of the molecule is C[Si]1(C)c2ccccc2-c2c(-c3ccccc3)nc(-c3cccc(-c4cccc(-c5cccc(-c6cccc(-c7nccnc7-c7ccccc7)c6)c5)c4)c3)nc21. The van der Waals surface area contributed by atoms with Crippen molar-refractivity contribution in [2.45, 2.75) is 13.1 Å². The smallest absolute Gasteiger partial charge is 0.159 e. The Kier molecular flexibility index (Phi) is 8.58. The Hall–Kier alpha value is -7.08. The van der Waals surface area contributed by atoms with Crippen molar-refractivity contribution in [1.29, 1.82) is 0 Å². The van der Waals surface area contributed by atoms with Crippen LogP contribution in [0.15, 0.2) is 194 Å². The molecule has 9 aromatic rings. The highest BCUT2D eigenvalue weighted by Gasteiger charge is 2.41. The summed E-state index contributed by atoms with van der Waals surface area (Å²) in [6.07, 6.45) is 3.52. The maximum Gasteiger partial charge on any atom is 0.159 e. The molecule has 0 atom stereocenters. The predicted octanol–water partition coefficient (Wildman–Crippen LogP) is 11.7. The van der Waals surface area contributed by atoms with E-state index in [1.807, 2.05) is 18.2 Å². The molecule has 0 saturated heterocycles. The zero-order valence-corrected chi connectivity index (χ0v) is 32.8. The molecule has 57 heavy (non-hydrogen) atoms. The molecule has 0 unspecified atom stereocenters. The molecule has 4 nitrogen and oxygen atoms in total. The summed E-state index contributed by atoms with van der Waals surface area (Å²) in [4.78, 5) is 20.2. The molecular formula is C52H38N4Si. The summed E-state index contributed by atoms with van der Waals surface area (Å²) in [5, 5.41) is 2.63. The Morgan fingerprint density at radius 2 is 0.754 bits per heavy atom. The second kappa shape index (κ2) is 14.2. The molecule has 0 saturated carbocycles. The van der Waals surface area contributed by atoms with Gasteiger partial charge < -0.3 is 0 Å². The summed E-state index contributed by atoms with van der Waals surface area (Å²) < 4.78 is 0. The monoisotopic (exact) mass is 746 g/mol. The first-order chi connectivity index (χ1) is 28.0. The first-order valence-electron chi connectivity index (χ1n) is 19.4. The highest BCUT2D eigenvalue weighted by Crippen LogP contribution is 2.38. The molecule has 10 rings (SSSR count). The van der Waals surface area contributed by atoms with Crippen molar-refractivity contribution in [1.82, 2.24) is 19.9 Å². The molecule has 270 valence electrons. The number of hydrogen-bond donors (Lipinski definition) is 0. The van der Waals surface area contributed by atoms with Gasteiger partial charge in [-0.05, 0) is 68.4 Å². The molecule has 3 heterocycles. The van der Waals surface area contributed by atoms with Gasteiger partial charge in [0.25, 0.3) is 0 Å². The van der Waals surface area contributed by atoms with Crippen LogP contribution < -0.4 is 10.5 Å². The fraction of sp³-hybridized carbons (Fsp3) is 0.0385. The van der Waals surface area contributed by atoms with Gasteiger partial charge >= 0.3 is 0 Å². The minimum atomic E-state index is -2.06. The summed E-state index contributed by atoms with van der Waals surface area (Å²) in [5.74, 6) is 0.770. The maximum absolute atomic E-state index is 5.40. The van der Waals surface area contributed by atoms with Gasteiger partial charge in [-0.3, -0.25) is 9.97 Å². The van der Waals surface area contributed by atoms with E-state index in [-0.39, 0.29) is 0 Å². The molecule has 1 aliphatic rings. The number of nitrogens with zero attached hydrogens (tertiary/aromatic N) is 4. The summed E-state index contributed by atoms with van der Waals surface area (Å²) in [6.45, 7) is 4.83. The highest BCUT2D eigenvalue weighted by atomic mass is 28.3. The van der Waals surface area contributed by atoms with E-state index < -0.39 is 8.07 Å². The number of hydrogen-bond acceptors (Lipinski definition) is 4. The zero-order valence-electron chi connectivity index (χ0n) is 31.8. The topological polar surface area (TPSA) is 51.6 Å². The van der Waals surface area contributed by atoms with Gasteiger partial charge in [0.05, 0.1) is 17.1 Å². The molecule has 0 spiro atoms. The van der Waals surface area contributed by atoms with Crippen LogP contribution in [0.1, 0.15) is 0 Å². The first-order valence-corrected chi connectivity index (χ1v) is 22.4. The molecule has 0 N–H and O–H groups in total. The first kappa shape index (κ1) is 34.4. The third kappa shape index (κ3) is 6.28. The van der Waals surface area contributed by atoms with Crippen molar-refractivity contribution in [3.63, 3.8) is 0 Å². The molecule has 0 bridgehead atoms. The number of benzene rings is 7. The van der Waals surface area contributed by atoms with Gasteiger partial charge in [0.2, 0.25) is 0 Å². The number of rotatable bonds is 7. The van der Waals surface area contributed by atoms with Crippen molar-refractivity contribution in [2.75, 3.05) is 0 Å². The lowest BCUT2D eigenvalue weighted by Gasteiger charge is -2.19. The van der Waals surface area contributed by atoms with E-state index in [2.05, 4.69) is 177 Å². The standard InChI is InChI=1S/C52H38N4Si/c1-57(2)46-28-10-9-27-45(46)47-48(35-15-5-3-6-16-35)55-51(56-52(47)57)44-26-14-24-42(34-44)40-22-12-20-38(32-40)37-19-11-21-39(31-37)41-23-13-25-43(33-41)50-49(53-29-30-54-50)36-17-7-4-8-18-36/h3-34H,1-2H3. The van der Waals surface area contributed by atoms with Crippen molar-refractivity contribution in [2.24, 2.45) is 0 Å². The Morgan fingerprint density at radius 3 is 1.32 bits per heavy atom. The molecular weight excluding hydrogens is 709 g/mol.